The lowest BCUT2D eigenvalue weighted by molar-refractivity contribution is 0.0249. The second-order valence-corrected chi connectivity index (χ2v) is 5.94. The maximum atomic E-state index is 12.8. The van der Waals surface area contributed by atoms with Crippen LogP contribution in [-0.2, 0) is 4.74 Å². The van der Waals surface area contributed by atoms with E-state index in [9.17, 15) is 13.9 Å². The minimum absolute atomic E-state index is 0.333. The van der Waals surface area contributed by atoms with E-state index < -0.39 is 19.0 Å². The second-order valence-electron chi connectivity index (χ2n) is 5.94. The first kappa shape index (κ1) is 20.8. The molecule has 0 aliphatic heterocycles. The molecule has 0 heterocycles. The van der Waals surface area contributed by atoms with E-state index in [0.29, 0.717) is 25.9 Å². The van der Waals surface area contributed by atoms with Crippen LogP contribution in [0, 0.1) is 0 Å². The second kappa shape index (κ2) is 14.7. The molecule has 0 saturated heterocycles. The van der Waals surface area contributed by atoms with Gasteiger partial charge in [0.25, 0.3) is 0 Å². The van der Waals surface area contributed by atoms with Crippen molar-refractivity contribution in [2.75, 3.05) is 13.3 Å². The molecule has 0 bridgehead atoms. The van der Waals surface area contributed by atoms with Crippen LogP contribution in [0.5, 0.6) is 0 Å². The highest BCUT2D eigenvalue weighted by molar-refractivity contribution is 4.64. The molecule has 0 aromatic carbocycles. The van der Waals surface area contributed by atoms with E-state index in [1.807, 2.05) is 0 Å². The van der Waals surface area contributed by atoms with E-state index in [-0.39, 0.29) is 6.10 Å². The molecule has 0 aliphatic rings. The van der Waals surface area contributed by atoms with Crippen LogP contribution in [0.4, 0.5) is 8.78 Å². The summed E-state index contributed by atoms with van der Waals surface area (Å²) in [6.45, 7) is 3.73. The lowest BCUT2D eigenvalue weighted by Crippen LogP contribution is -2.19. The first-order valence-electron chi connectivity index (χ1n) is 8.61. The van der Waals surface area contributed by atoms with Gasteiger partial charge in [0.1, 0.15) is 12.8 Å². The number of hydrogen-bond donors (Lipinski definition) is 1. The zero-order valence-corrected chi connectivity index (χ0v) is 13.8. The highest BCUT2D eigenvalue weighted by Crippen LogP contribution is 2.13. The van der Waals surface area contributed by atoms with Gasteiger partial charge in [0.2, 0.25) is 0 Å². The minimum atomic E-state index is -1.19. The van der Waals surface area contributed by atoms with Crippen LogP contribution in [0.3, 0.4) is 0 Å². The van der Waals surface area contributed by atoms with Gasteiger partial charge in [-0.25, -0.2) is 8.78 Å². The van der Waals surface area contributed by atoms with Crippen LogP contribution in [-0.4, -0.2) is 36.8 Å². The molecule has 4 heteroatoms. The Kier molecular flexibility index (Phi) is 14.6. The molecule has 0 aliphatic carbocycles. The molecule has 0 aromatic heterocycles. The molecule has 0 amide bonds. The van der Waals surface area contributed by atoms with Crippen LogP contribution in [0.25, 0.3) is 0 Å². The van der Waals surface area contributed by atoms with Crippen LogP contribution < -0.4 is 0 Å². The molecule has 0 saturated carbocycles. The van der Waals surface area contributed by atoms with E-state index >= 15 is 0 Å². The summed E-state index contributed by atoms with van der Waals surface area (Å²) in [6, 6.07) is 0. The SMILES string of the molecule is CCCCCCCCOC(CF)CCCCC(O)C(C)F. The Bertz CT molecular complexity index is 213. The third-order valence-corrected chi connectivity index (χ3v) is 3.83. The van der Waals surface area contributed by atoms with Gasteiger partial charge < -0.3 is 9.84 Å². The van der Waals surface area contributed by atoms with Gasteiger partial charge in [0, 0.05) is 6.61 Å². The van der Waals surface area contributed by atoms with E-state index in [4.69, 9.17) is 4.74 Å². The summed E-state index contributed by atoms with van der Waals surface area (Å²) in [7, 11) is 0. The number of halogens is 2. The summed E-state index contributed by atoms with van der Waals surface area (Å²) in [4.78, 5) is 0. The fourth-order valence-electron chi connectivity index (χ4n) is 2.29. The fraction of sp³-hybridized carbons (Fsp3) is 1.00. The molecular formula is C17H34F2O2. The van der Waals surface area contributed by atoms with E-state index in [2.05, 4.69) is 6.92 Å². The molecule has 0 spiro atoms. The Morgan fingerprint density at radius 3 is 2.19 bits per heavy atom. The smallest absolute Gasteiger partial charge is 0.123 e. The minimum Gasteiger partial charge on any atom is -0.390 e. The number of hydrogen-bond acceptors (Lipinski definition) is 2. The third-order valence-electron chi connectivity index (χ3n) is 3.83. The van der Waals surface area contributed by atoms with E-state index in [0.717, 1.165) is 19.3 Å². The maximum absolute atomic E-state index is 12.8. The summed E-state index contributed by atoms with van der Waals surface area (Å²) in [5.74, 6) is 0. The molecule has 2 nitrogen and oxygen atoms in total. The molecule has 0 fully saturated rings. The van der Waals surface area contributed by atoms with Crippen molar-refractivity contribution in [1.29, 1.82) is 0 Å². The Hall–Kier alpha value is -0.220. The first-order valence-corrected chi connectivity index (χ1v) is 8.61. The van der Waals surface area contributed by atoms with Crippen molar-refractivity contribution in [3.05, 3.63) is 0 Å². The van der Waals surface area contributed by atoms with Crippen molar-refractivity contribution >= 4 is 0 Å². The first-order chi connectivity index (χ1) is 10.1. The number of aliphatic hydroxyl groups is 1. The average Bonchev–Trinajstić information content (AvgIpc) is 2.47. The topological polar surface area (TPSA) is 29.5 Å². The van der Waals surface area contributed by atoms with Gasteiger partial charge in [-0.05, 0) is 26.2 Å². The highest BCUT2D eigenvalue weighted by Gasteiger charge is 2.13. The van der Waals surface area contributed by atoms with Gasteiger partial charge in [-0.2, -0.15) is 0 Å². The van der Waals surface area contributed by atoms with Gasteiger partial charge in [-0.3, -0.25) is 0 Å². The average molecular weight is 308 g/mol. The van der Waals surface area contributed by atoms with Crippen LogP contribution in [0.2, 0.25) is 0 Å². The van der Waals surface area contributed by atoms with E-state index in [1.165, 1.54) is 32.6 Å². The van der Waals surface area contributed by atoms with Crippen molar-refractivity contribution in [2.24, 2.45) is 0 Å². The van der Waals surface area contributed by atoms with Crippen LogP contribution in [0.15, 0.2) is 0 Å². The lowest BCUT2D eigenvalue weighted by atomic mass is 10.1. The van der Waals surface area contributed by atoms with Gasteiger partial charge in [-0.1, -0.05) is 51.9 Å². The Balaban J connectivity index is 3.45. The van der Waals surface area contributed by atoms with Crippen LogP contribution in [0.1, 0.15) is 78.1 Å². The maximum Gasteiger partial charge on any atom is 0.123 e. The molecule has 0 rings (SSSR count). The summed E-state index contributed by atoms with van der Waals surface area (Å²) < 4.78 is 31.1. The lowest BCUT2D eigenvalue weighted by Gasteiger charge is -2.15. The van der Waals surface area contributed by atoms with Gasteiger partial charge >= 0.3 is 0 Å². The summed E-state index contributed by atoms with van der Waals surface area (Å²) >= 11 is 0. The summed E-state index contributed by atoms with van der Waals surface area (Å²) in [5, 5.41) is 9.33. The molecule has 21 heavy (non-hydrogen) atoms. The number of unbranched alkanes of at least 4 members (excludes halogenated alkanes) is 6. The Morgan fingerprint density at radius 1 is 0.952 bits per heavy atom. The number of aliphatic hydroxyl groups excluding tert-OH is 1. The standard InChI is InChI=1S/C17H34F2O2/c1-3-4-5-6-7-10-13-21-16(14-18)11-8-9-12-17(20)15(2)19/h15-17,20H,3-14H2,1-2H3. The van der Waals surface area contributed by atoms with Crippen LogP contribution >= 0.6 is 0 Å². The Morgan fingerprint density at radius 2 is 1.57 bits per heavy atom. The largest absolute Gasteiger partial charge is 0.390 e. The van der Waals surface area contributed by atoms with Crippen molar-refractivity contribution in [2.45, 2.75) is 96.4 Å². The molecule has 3 atom stereocenters. The zero-order valence-electron chi connectivity index (χ0n) is 13.8. The number of rotatable bonds is 15. The normalized spacial score (nSPS) is 15.9. The Labute approximate surface area is 129 Å². The van der Waals surface area contributed by atoms with Gasteiger partial charge in [0.05, 0.1) is 12.2 Å². The fourth-order valence-corrected chi connectivity index (χ4v) is 2.29. The highest BCUT2D eigenvalue weighted by atomic mass is 19.1. The molecular weight excluding hydrogens is 274 g/mol. The quantitative estimate of drug-likeness (QED) is 0.432. The monoisotopic (exact) mass is 308 g/mol. The molecule has 128 valence electrons. The molecule has 1 N–H and O–H groups in total. The van der Waals surface area contributed by atoms with Gasteiger partial charge in [-0.15, -0.1) is 0 Å². The molecule has 3 unspecified atom stereocenters. The van der Waals surface area contributed by atoms with Crippen molar-refractivity contribution in [1.82, 2.24) is 0 Å². The number of alkyl halides is 2. The molecule has 0 radical (unpaired) electrons. The van der Waals surface area contributed by atoms with Crippen molar-refractivity contribution in [3.63, 3.8) is 0 Å². The van der Waals surface area contributed by atoms with Crippen molar-refractivity contribution in [3.8, 4) is 0 Å². The molecule has 0 aromatic rings. The number of ether oxygens (including phenoxy) is 1. The van der Waals surface area contributed by atoms with E-state index in [1.54, 1.807) is 0 Å². The summed E-state index contributed by atoms with van der Waals surface area (Å²) in [6.07, 6.45) is 7.36. The predicted octanol–water partition coefficient (Wildman–Crippen LogP) is 4.98. The van der Waals surface area contributed by atoms with Crippen molar-refractivity contribution < 1.29 is 18.6 Å². The third kappa shape index (κ3) is 13.2. The summed E-state index contributed by atoms with van der Waals surface area (Å²) in [5.41, 5.74) is 0. The predicted molar refractivity (Wildman–Crippen MR) is 84.1 cm³/mol. The zero-order chi connectivity index (χ0) is 15.9. The van der Waals surface area contributed by atoms with Gasteiger partial charge in [0.15, 0.2) is 0 Å².